The molecule has 0 spiro atoms. The fraction of sp³-hybridized carbons (Fsp3) is 0.778. The Labute approximate surface area is 78.2 Å². The van der Waals surface area contributed by atoms with E-state index in [9.17, 15) is 0 Å². The van der Waals surface area contributed by atoms with Crippen LogP contribution in [-0.2, 0) is 0 Å². The summed E-state index contributed by atoms with van der Waals surface area (Å²) in [4.78, 5) is 0. The summed E-state index contributed by atoms with van der Waals surface area (Å²) in [5, 5.41) is 0. The second kappa shape index (κ2) is 7.58. The van der Waals surface area contributed by atoms with Gasteiger partial charge in [0.05, 0.1) is 0 Å². The minimum atomic E-state index is 0.781. The minimum absolute atomic E-state index is 0.781. The average molecular weight is 252 g/mol. The monoisotopic (exact) mass is 252 g/mol. The highest BCUT2D eigenvalue weighted by Crippen LogP contribution is 2.10. The molecule has 0 fully saturated rings. The van der Waals surface area contributed by atoms with Crippen LogP contribution in [0.25, 0.3) is 0 Å². The van der Waals surface area contributed by atoms with Gasteiger partial charge in [-0.2, -0.15) is 0 Å². The second-order valence-electron chi connectivity index (χ2n) is 2.79. The summed E-state index contributed by atoms with van der Waals surface area (Å²) in [6.07, 6.45) is 7.74. The molecule has 0 nitrogen and oxygen atoms in total. The Balaban J connectivity index is 3.13. The van der Waals surface area contributed by atoms with Gasteiger partial charge in [0.25, 0.3) is 0 Å². The highest BCUT2D eigenvalue weighted by atomic mass is 127. The number of allylic oxidation sites excluding steroid dienone is 1. The molecule has 0 radical (unpaired) electrons. The molecule has 1 heteroatoms. The van der Waals surface area contributed by atoms with Crippen LogP contribution in [0.1, 0.15) is 39.5 Å². The zero-order valence-corrected chi connectivity index (χ0v) is 9.10. The Morgan fingerprint density at radius 1 is 1.40 bits per heavy atom. The van der Waals surface area contributed by atoms with Crippen molar-refractivity contribution in [3.63, 3.8) is 0 Å². The largest absolute Gasteiger partial charge is 0.0756 e. The molecule has 0 rings (SSSR count). The van der Waals surface area contributed by atoms with Crippen molar-refractivity contribution in [1.29, 1.82) is 0 Å². The number of hydrogen-bond donors (Lipinski definition) is 0. The van der Waals surface area contributed by atoms with E-state index in [0.29, 0.717) is 0 Å². The topological polar surface area (TPSA) is 0 Å². The van der Waals surface area contributed by atoms with Gasteiger partial charge in [-0.3, -0.25) is 0 Å². The third kappa shape index (κ3) is 6.59. The molecule has 0 aliphatic carbocycles. The van der Waals surface area contributed by atoms with Crippen LogP contribution in [0, 0.1) is 5.92 Å². The van der Waals surface area contributed by atoms with Crippen molar-refractivity contribution in [2.45, 2.75) is 39.5 Å². The molecule has 0 N–H and O–H groups in total. The third-order valence-corrected chi connectivity index (χ3v) is 2.08. The van der Waals surface area contributed by atoms with Crippen molar-refractivity contribution in [3.05, 3.63) is 10.2 Å². The molecule has 0 saturated carbocycles. The van der Waals surface area contributed by atoms with Gasteiger partial charge in [0, 0.05) is 0 Å². The van der Waals surface area contributed by atoms with Crippen molar-refractivity contribution in [1.82, 2.24) is 0 Å². The predicted octanol–water partition coefficient (Wildman–Crippen LogP) is 4.15. The average Bonchev–Trinajstić information content (AvgIpc) is 1.89. The number of halogens is 1. The predicted molar refractivity (Wildman–Crippen MR) is 56.5 cm³/mol. The Hall–Kier alpha value is 0.470. The molecular weight excluding hydrogens is 235 g/mol. The lowest BCUT2D eigenvalue weighted by Gasteiger charge is -2.03. The second-order valence-corrected chi connectivity index (χ2v) is 3.51. The lowest BCUT2D eigenvalue weighted by molar-refractivity contribution is 0.576. The molecule has 1 atom stereocenters. The van der Waals surface area contributed by atoms with E-state index in [4.69, 9.17) is 0 Å². The highest BCUT2D eigenvalue weighted by Gasteiger charge is 1.94. The zero-order chi connectivity index (χ0) is 7.82. The van der Waals surface area contributed by atoms with Crippen LogP contribution in [0.5, 0.6) is 0 Å². The summed E-state index contributed by atoms with van der Waals surface area (Å²) in [7, 11) is 0. The van der Waals surface area contributed by atoms with E-state index in [1.807, 2.05) is 0 Å². The summed E-state index contributed by atoms with van der Waals surface area (Å²) in [5.74, 6) is 0.781. The van der Waals surface area contributed by atoms with Crippen molar-refractivity contribution in [2.75, 3.05) is 0 Å². The molecule has 0 saturated heterocycles. The molecule has 10 heavy (non-hydrogen) atoms. The van der Waals surface area contributed by atoms with Gasteiger partial charge in [-0.1, -0.05) is 61.8 Å². The Bertz CT molecular complexity index is 86.7. The van der Waals surface area contributed by atoms with Crippen molar-refractivity contribution in [2.24, 2.45) is 5.92 Å². The first-order valence-electron chi connectivity index (χ1n) is 4.08. The van der Waals surface area contributed by atoms with Crippen LogP contribution in [0.3, 0.4) is 0 Å². The lowest BCUT2D eigenvalue weighted by atomic mass is 10.0. The SMILES string of the molecule is CCCCC[C@H](C)/C=C/I. The van der Waals surface area contributed by atoms with Crippen LogP contribution < -0.4 is 0 Å². The van der Waals surface area contributed by atoms with Gasteiger partial charge in [-0.15, -0.1) is 0 Å². The summed E-state index contributed by atoms with van der Waals surface area (Å²) < 4.78 is 2.12. The summed E-state index contributed by atoms with van der Waals surface area (Å²) in [5.41, 5.74) is 0. The molecule has 60 valence electrons. The van der Waals surface area contributed by atoms with E-state index in [0.717, 1.165) is 5.92 Å². The van der Waals surface area contributed by atoms with Crippen LogP contribution in [-0.4, -0.2) is 0 Å². The van der Waals surface area contributed by atoms with Crippen LogP contribution in [0.15, 0.2) is 10.2 Å². The van der Waals surface area contributed by atoms with E-state index >= 15 is 0 Å². The molecule has 0 bridgehead atoms. The van der Waals surface area contributed by atoms with E-state index in [1.54, 1.807) is 0 Å². The van der Waals surface area contributed by atoms with Crippen molar-refractivity contribution < 1.29 is 0 Å². The van der Waals surface area contributed by atoms with Gasteiger partial charge in [-0.05, 0) is 16.4 Å². The van der Waals surface area contributed by atoms with Gasteiger partial charge in [0.15, 0.2) is 0 Å². The fourth-order valence-corrected chi connectivity index (χ4v) is 1.65. The van der Waals surface area contributed by atoms with E-state index < -0.39 is 0 Å². The summed E-state index contributed by atoms with van der Waals surface area (Å²) >= 11 is 2.28. The Kier molecular flexibility index (Phi) is 7.93. The highest BCUT2D eigenvalue weighted by molar-refractivity contribution is 14.1. The van der Waals surface area contributed by atoms with Crippen LogP contribution in [0.2, 0.25) is 0 Å². The molecule has 0 heterocycles. The molecule has 0 aromatic heterocycles. The van der Waals surface area contributed by atoms with Gasteiger partial charge in [-0.25, -0.2) is 0 Å². The normalized spacial score (nSPS) is 14.3. The van der Waals surface area contributed by atoms with Gasteiger partial charge in [0.2, 0.25) is 0 Å². The lowest BCUT2D eigenvalue weighted by Crippen LogP contribution is -1.88. The molecule has 0 aliphatic heterocycles. The molecule has 0 aliphatic rings. The van der Waals surface area contributed by atoms with Gasteiger partial charge < -0.3 is 0 Å². The quantitative estimate of drug-likeness (QED) is 0.509. The number of unbranched alkanes of at least 4 members (excludes halogenated alkanes) is 2. The zero-order valence-electron chi connectivity index (χ0n) is 6.94. The van der Waals surface area contributed by atoms with E-state index in [1.165, 1.54) is 25.7 Å². The fourth-order valence-electron chi connectivity index (χ4n) is 0.937. The maximum atomic E-state index is 2.28. The number of hydrogen-bond acceptors (Lipinski definition) is 0. The Morgan fingerprint density at radius 3 is 2.60 bits per heavy atom. The molecule has 0 unspecified atom stereocenters. The van der Waals surface area contributed by atoms with Crippen LogP contribution in [0.4, 0.5) is 0 Å². The smallest absolute Gasteiger partial charge is 0.0254 e. The minimum Gasteiger partial charge on any atom is -0.0756 e. The molecule has 0 aromatic rings. The van der Waals surface area contributed by atoms with E-state index in [-0.39, 0.29) is 0 Å². The Morgan fingerprint density at radius 2 is 2.10 bits per heavy atom. The number of rotatable bonds is 5. The third-order valence-electron chi connectivity index (χ3n) is 1.66. The molecule has 0 amide bonds. The van der Waals surface area contributed by atoms with Gasteiger partial charge >= 0.3 is 0 Å². The summed E-state index contributed by atoms with van der Waals surface area (Å²) in [6.45, 7) is 4.53. The standard InChI is InChI=1S/C9H17I/c1-3-4-5-6-9(2)7-8-10/h7-9H,3-6H2,1-2H3/b8-7+/t9-/m0/s1. The van der Waals surface area contributed by atoms with Crippen molar-refractivity contribution in [3.8, 4) is 0 Å². The first-order chi connectivity index (χ1) is 4.81. The van der Waals surface area contributed by atoms with Crippen molar-refractivity contribution >= 4 is 22.6 Å². The van der Waals surface area contributed by atoms with Gasteiger partial charge in [0.1, 0.15) is 0 Å². The first-order valence-corrected chi connectivity index (χ1v) is 5.32. The summed E-state index contributed by atoms with van der Waals surface area (Å²) in [6, 6.07) is 0. The molecule has 0 aromatic carbocycles. The maximum Gasteiger partial charge on any atom is -0.0254 e. The maximum absolute atomic E-state index is 2.28. The molecular formula is C9H17I. The van der Waals surface area contributed by atoms with E-state index in [2.05, 4.69) is 46.6 Å². The first kappa shape index (κ1) is 10.5. The van der Waals surface area contributed by atoms with Crippen LogP contribution >= 0.6 is 22.6 Å².